The molecule has 3 aliphatic heterocycles. The van der Waals surface area contributed by atoms with Gasteiger partial charge in [0.2, 0.25) is 5.91 Å². The van der Waals surface area contributed by atoms with Crippen molar-refractivity contribution in [3.05, 3.63) is 82.3 Å². The fourth-order valence-electron chi connectivity index (χ4n) is 6.82. The summed E-state index contributed by atoms with van der Waals surface area (Å²) in [5, 5.41) is 2.48. The summed E-state index contributed by atoms with van der Waals surface area (Å²) in [7, 11) is 4.60. The molecule has 2 bridgehead atoms. The first kappa shape index (κ1) is 28.5. The van der Waals surface area contributed by atoms with Gasteiger partial charge in [-0.25, -0.2) is 9.69 Å². The third-order valence-electron chi connectivity index (χ3n) is 8.84. The molecule has 2 saturated heterocycles. The van der Waals surface area contributed by atoms with Crippen LogP contribution in [0.1, 0.15) is 23.6 Å². The van der Waals surface area contributed by atoms with E-state index in [0.717, 1.165) is 17.0 Å². The Kier molecular flexibility index (Phi) is 7.43. The zero-order valence-electron chi connectivity index (χ0n) is 24.4. The number of benzene rings is 2. The summed E-state index contributed by atoms with van der Waals surface area (Å²) in [6.07, 6.45) is 0.919. The number of anilines is 1. The number of rotatable bonds is 8. The number of aromatic nitrogens is 1. The van der Waals surface area contributed by atoms with Crippen LogP contribution < -0.4 is 30.0 Å². The number of barbiturate groups is 1. The second kappa shape index (κ2) is 11.2. The number of likely N-dealkylation sites (tertiary alicyclic amines) is 1. The number of imide groups is 2. The number of pyridine rings is 1. The Hall–Kier alpha value is -4.64. The van der Waals surface area contributed by atoms with Crippen molar-refractivity contribution >= 4 is 23.5 Å². The van der Waals surface area contributed by atoms with Gasteiger partial charge in [0, 0.05) is 56.3 Å². The SMILES string of the molecule is COc1ccc(N2C(=O)NC(=O)[C@](Cc3ccc(OC)cc3OC)(CN3C[C@H]4C[C@H](C3)c3cccc(=O)n3C4)C2=O)cc1. The molecule has 6 rings (SSSR count). The predicted octanol–water partition coefficient (Wildman–Crippen LogP) is 2.81. The summed E-state index contributed by atoms with van der Waals surface area (Å²) in [5.74, 6) is 0.597. The van der Waals surface area contributed by atoms with Crippen LogP contribution in [0.25, 0.3) is 0 Å². The van der Waals surface area contributed by atoms with Crippen LogP contribution >= 0.6 is 0 Å². The Bertz CT molecular complexity index is 1640. The van der Waals surface area contributed by atoms with E-state index in [1.54, 1.807) is 61.7 Å². The number of carbonyl (C=O) groups is 3. The summed E-state index contributed by atoms with van der Waals surface area (Å²) in [5.41, 5.74) is 0.251. The zero-order valence-corrected chi connectivity index (χ0v) is 24.4. The summed E-state index contributed by atoms with van der Waals surface area (Å²) in [4.78, 5) is 57.5. The van der Waals surface area contributed by atoms with E-state index in [4.69, 9.17) is 14.2 Å². The number of fused-ring (bicyclic) bond motifs is 4. The third kappa shape index (κ3) is 5.03. The lowest BCUT2D eigenvalue weighted by Gasteiger charge is -2.47. The molecule has 1 aromatic heterocycles. The molecule has 0 saturated carbocycles. The highest BCUT2D eigenvalue weighted by Gasteiger charge is 2.56. The molecule has 0 aliphatic carbocycles. The molecule has 0 spiro atoms. The first-order valence-corrected chi connectivity index (χ1v) is 14.2. The minimum atomic E-state index is -1.66. The Morgan fingerprint density at radius 3 is 2.33 bits per heavy atom. The Morgan fingerprint density at radius 2 is 1.60 bits per heavy atom. The second-order valence-electron chi connectivity index (χ2n) is 11.4. The molecule has 43 heavy (non-hydrogen) atoms. The van der Waals surface area contributed by atoms with Gasteiger partial charge in [-0.05, 0) is 54.3 Å². The number of methoxy groups -OCH3 is 3. The number of nitrogens with zero attached hydrogens (tertiary/aromatic N) is 3. The normalized spacial score (nSPS) is 23.4. The van der Waals surface area contributed by atoms with Crippen LogP contribution in [0, 0.1) is 11.3 Å². The standard InChI is InChI=1S/C32H34N4O7/c1-41-24-11-8-23(9-12-24)36-30(39)32(29(38)33-31(36)40,15-21-7-10-25(42-2)14-27(21)43-3)19-34-16-20-13-22(18-34)26-5-4-6-28(37)35(26)17-20/h4-12,14,20,22H,13,15-19H2,1-3H3,(H,33,38,40)/t20-,22-,32+/m1/s1. The van der Waals surface area contributed by atoms with E-state index in [9.17, 15) is 19.2 Å². The maximum atomic E-state index is 14.6. The first-order valence-electron chi connectivity index (χ1n) is 14.2. The molecule has 0 radical (unpaired) electrons. The molecular weight excluding hydrogens is 552 g/mol. The van der Waals surface area contributed by atoms with Crippen LogP contribution in [0.4, 0.5) is 10.5 Å². The van der Waals surface area contributed by atoms with Crippen molar-refractivity contribution < 1.29 is 28.6 Å². The Balaban J connectivity index is 1.40. The van der Waals surface area contributed by atoms with E-state index in [2.05, 4.69) is 10.2 Å². The van der Waals surface area contributed by atoms with Gasteiger partial charge in [0.1, 0.15) is 22.7 Å². The number of carbonyl (C=O) groups excluding carboxylic acids is 3. The number of urea groups is 1. The Morgan fingerprint density at radius 1 is 0.860 bits per heavy atom. The average Bonchev–Trinajstić information content (AvgIpc) is 3.01. The maximum Gasteiger partial charge on any atom is 0.335 e. The smallest absolute Gasteiger partial charge is 0.335 e. The summed E-state index contributed by atoms with van der Waals surface area (Å²) in [6.45, 7) is 1.84. The fraction of sp³-hybridized carbons (Fsp3) is 0.375. The molecule has 2 fully saturated rings. The molecule has 2 aromatic carbocycles. The summed E-state index contributed by atoms with van der Waals surface area (Å²) < 4.78 is 18.1. The van der Waals surface area contributed by atoms with Gasteiger partial charge in [0.25, 0.3) is 11.5 Å². The quantitative estimate of drug-likeness (QED) is 0.401. The maximum absolute atomic E-state index is 14.6. The molecule has 3 aliphatic rings. The van der Waals surface area contributed by atoms with Gasteiger partial charge in [0.15, 0.2) is 0 Å². The van der Waals surface area contributed by atoms with E-state index in [1.165, 1.54) is 14.2 Å². The van der Waals surface area contributed by atoms with Crippen molar-refractivity contribution in [3.8, 4) is 17.2 Å². The lowest BCUT2D eigenvalue weighted by Crippen LogP contribution is -2.68. The van der Waals surface area contributed by atoms with Crippen molar-refractivity contribution in [3.63, 3.8) is 0 Å². The minimum absolute atomic E-state index is 0.00729. The molecule has 224 valence electrons. The molecule has 3 aromatic rings. The number of amides is 4. The second-order valence-corrected chi connectivity index (χ2v) is 11.4. The molecule has 4 amide bonds. The van der Waals surface area contributed by atoms with Gasteiger partial charge in [-0.1, -0.05) is 12.1 Å². The van der Waals surface area contributed by atoms with Crippen LogP contribution in [0.5, 0.6) is 17.2 Å². The lowest BCUT2D eigenvalue weighted by molar-refractivity contribution is -0.144. The third-order valence-corrected chi connectivity index (χ3v) is 8.84. The van der Waals surface area contributed by atoms with Crippen LogP contribution in [0.2, 0.25) is 0 Å². The highest BCUT2D eigenvalue weighted by molar-refractivity contribution is 6.30. The van der Waals surface area contributed by atoms with Crippen LogP contribution in [0.15, 0.2) is 65.5 Å². The number of hydrogen-bond donors (Lipinski definition) is 1. The van der Waals surface area contributed by atoms with Gasteiger partial charge < -0.3 is 23.7 Å². The van der Waals surface area contributed by atoms with Crippen molar-refractivity contribution in [1.29, 1.82) is 0 Å². The number of piperidine rings is 1. The van der Waals surface area contributed by atoms with E-state index >= 15 is 0 Å². The van der Waals surface area contributed by atoms with Crippen molar-refractivity contribution in [1.82, 2.24) is 14.8 Å². The highest BCUT2D eigenvalue weighted by atomic mass is 16.5. The predicted molar refractivity (Wildman–Crippen MR) is 158 cm³/mol. The number of hydrogen-bond acceptors (Lipinski definition) is 8. The van der Waals surface area contributed by atoms with Gasteiger partial charge in [-0.15, -0.1) is 0 Å². The van der Waals surface area contributed by atoms with Gasteiger partial charge in [-0.2, -0.15) is 0 Å². The lowest BCUT2D eigenvalue weighted by atomic mass is 9.75. The minimum Gasteiger partial charge on any atom is -0.497 e. The van der Waals surface area contributed by atoms with Crippen LogP contribution in [0.3, 0.4) is 0 Å². The van der Waals surface area contributed by atoms with Gasteiger partial charge >= 0.3 is 6.03 Å². The average molecular weight is 587 g/mol. The molecule has 3 atom stereocenters. The topological polar surface area (TPSA) is 119 Å². The number of ether oxygens (including phenoxy) is 3. The summed E-state index contributed by atoms with van der Waals surface area (Å²) >= 11 is 0. The highest BCUT2D eigenvalue weighted by Crippen LogP contribution is 2.40. The molecule has 11 nitrogen and oxygen atoms in total. The fourth-order valence-corrected chi connectivity index (χ4v) is 6.82. The number of nitrogens with one attached hydrogen (secondary N) is 1. The molecule has 1 N–H and O–H groups in total. The van der Waals surface area contributed by atoms with Crippen molar-refractivity contribution in [2.45, 2.75) is 25.3 Å². The molecular formula is C32H34N4O7. The summed E-state index contributed by atoms with van der Waals surface area (Å²) in [6, 6.07) is 16.3. The van der Waals surface area contributed by atoms with Crippen LogP contribution in [-0.4, -0.2) is 68.3 Å². The van der Waals surface area contributed by atoms with Crippen molar-refractivity contribution in [2.75, 3.05) is 45.9 Å². The molecule has 11 heteroatoms. The van der Waals surface area contributed by atoms with Gasteiger partial charge in [0.05, 0.1) is 27.0 Å². The Labute approximate surface area is 248 Å². The first-order chi connectivity index (χ1) is 20.8. The monoisotopic (exact) mass is 586 g/mol. The molecule has 4 heterocycles. The van der Waals surface area contributed by atoms with E-state index in [0.29, 0.717) is 48.1 Å². The zero-order chi connectivity index (χ0) is 30.3. The van der Waals surface area contributed by atoms with E-state index < -0.39 is 23.3 Å². The van der Waals surface area contributed by atoms with Gasteiger partial charge in [-0.3, -0.25) is 19.7 Å². The van der Waals surface area contributed by atoms with E-state index in [1.807, 2.05) is 10.6 Å². The largest absolute Gasteiger partial charge is 0.497 e. The van der Waals surface area contributed by atoms with Crippen LogP contribution in [-0.2, 0) is 22.6 Å². The molecule has 0 unspecified atom stereocenters. The van der Waals surface area contributed by atoms with E-state index in [-0.39, 0.29) is 30.4 Å². The van der Waals surface area contributed by atoms with Crippen molar-refractivity contribution in [2.24, 2.45) is 11.3 Å².